The lowest BCUT2D eigenvalue weighted by molar-refractivity contribution is -0.140. The molecule has 4 rings (SSSR count). The molecule has 0 bridgehead atoms. The maximum absolute atomic E-state index is 13.7. The van der Waals surface area contributed by atoms with E-state index in [0.717, 1.165) is 41.2 Å². The van der Waals surface area contributed by atoms with E-state index in [0.29, 0.717) is 31.0 Å². The molecule has 13 heteroatoms. The number of aryl methyl sites for hydroxylation is 2. The second kappa shape index (κ2) is 12.9. The topological polar surface area (TPSA) is 100 Å². The molecule has 2 saturated heterocycles. The van der Waals surface area contributed by atoms with Crippen molar-refractivity contribution in [3.63, 3.8) is 0 Å². The minimum absolute atomic E-state index is 0.0147. The number of amides is 1. The van der Waals surface area contributed by atoms with Crippen LogP contribution in [-0.4, -0.2) is 82.3 Å². The average Bonchev–Trinajstić information content (AvgIpc) is 3.13. The van der Waals surface area contributed by atoms with Crippen molar-refractivity contribution in [2.45, 2.75) is 71.8 Å². The first-order valence-corrected chi connectivity index (χ1v) is 15.2. The van der Waals surface area contributed by atoms with Gasteiger partial charge in [-0.15, -0.1) is 0 Å². The second-order valence-corrected chi connectivity index (χ2v) is 12.5. The minimum Gasteiger partial charge on any atom is -0.492 e. The Morgan fingerprint density at radius 1 is 1.18 bits per heavy atom. The quantitative estimate of drug-likeness (QED) is 0.368. The molecule has 0 unspecified atom stereocenters. The van der Waals surface area contributed by atoms with Crippen LogP contribution in [0.4, 0.5) is 24.5 Å². The molecule has 2 fully saturated rings. The number of nitriles is 1. The molecule has 2 aromatic rings. The van der Waals surface area contributed by atoms with Crippen LogP contribution in [0.25, 0.3) is 0 Å². The summed E-state index contributed by atoms with van der Waals surface area (Å²) in [4.78, 5) is 31.9. The molecule has 1 N–H and O–H groups in total. The third-order valence-electron chi connectivity index (χ3n) is 8.52. The number of hydrogen-bond donors (Lipinski definition) is 1. The standard InChI is InChI=1S/C32H38F3N5O4S/c1-7-22-13-26(19(2)12-27(22)44-11-10-37-16-20(3)38(18-28(41)42)21(4)17-37)40-30(45)39(29(43)31(40,5)6)24-9-8-23(15-36)25(14-24)32(33,34)35/h8-9,12-14,20-21H,7,10-11,16-18H2,1-6H3,(H,41,42)/t20-,21+. The molecular formula is C32H38F3N5O4S. The normalized spacial score (nSPS) is 20.9. The van der Waals surface area contributed by atoms with E-state index in [-0.39, 0.29) is 29.4 Å². The molecule has 9 nitrogen and oxygen atoms in total. The largest absolute Gasteiger partial charge is 0.492 e. The Bertz CT molecular complexity index is 1530. The van der Waals surface area contributed by atoms with Crippen molar-refractivity contribution in [1.29, 1.82) is 5.26 Å². The molecule has 0 spiro atoms. The average molecular weight is 646 g/mol. The van der Waals surface area contributed by atoms with E-state index in [1.165, 1.54) is 6.07 Å². The fourth-order valence-corrected chi connectivity index (χ4v) is 6.71. The number of alkyl halides is 3. The van der Waals surface area contributed by atoms with Gasteiger partial charge in [-0.25, -0.2) is 0 Å². The van der Waals surface area contributed by atoms with Crippen molar-refractivity contribution >= 4 is 40.6 Å². The predicted molar refractivity (Wildman–Crippen MR) is 169 cm³/mol. The fourth-order valence-electron chi connectivity index (χ4n) is 6.20. The Hall–Kier alpha value is -3.73. The lowest BCUT2D eigenvalue weighted by Crippen LogP contribution is -2.58. The Morgan fingerprint density at radius 3 is 2.38 bits per heavy atom. The van der Waals surface area contributed by atoms with Gasteiger partial charge in [-0.1, -0.05) is 6.92 Å². The second-order valence-electron chi connectivity index (χ2n) is 12.1. The van der Waals surface area contributed by atoms with E-state index in [1.54, 1.807) is 24.8 Å². The van der Waals surface area contributed by atoms with Crippen LogP contribution in [0.1, 0.15) is 56.9 Å². The van der Waals surface area contributed by atoms with E-state index in [9.17, 15) is 33.1 Å². The third kappa shape index (κ3) is 6.78. The molecule has 2 atom stereocenters. The van der Waals surface area contributed by atoms with Crippen LogP contribution >= 0.6 is 12.2 Å². The predicted octanol–water partition coefficient (Wildman–Crippen LogP) is 5.22. The van der Waals surface area contributed by atoms with E-state index in [1.807, 2.05) is 44.7 Å². The lowest BCUT2D eigenvalue weighted by atomic mass is 9.99. The van der Waals surface area contributed by atoms with Crippen molar-refractivity contribution in [3.05, 3.63) is 52.6 Å². The van der Waals surface area contributed by atoms with Gasteiger partial charge in [0.05, 0.1) is 29.4 Å². The lowest BCUT2D eigenvalue weighted by Gasteiger charge is -2.43. The number of carbonyl (C=O) groups excluding carboxylic acids is 1. The van der Waals surface area contributed by atoms with Gasteiger partial charge in [0.15, 0.2) is 5.11 Å². The number of anilines is 2. The summed E-state index contributed by atoms with van der Waals surface area (Å²) in [5, 5.41) is 18.5. The van der Waals surface area contributed by atoms with Crippen molar-refractivity contribution in [3.8, 4) is 11.8 Å². The number of piperazine rings is 1. The maximum Gasteiger partial charge on any atom is 0.417 e. The van der Waals surface area contributed by atoms with Gasteiger partial charge in [0.1, 0.15) is 17.9 Å². The summed E-state index contributed by atoms with van der Waals surface area (Å²) in [6, 6.07) is 8.68. The van der Waals surface area contributed by atoms with Crippen molar-refractivity contribution in [1.82, 2.24) is 9.80 Å². The van der Waals surface area contributed by atoms with Crippen LogP contribution in [0.15, 0.2) is 30.3 Å². The van der Waals surface area contributed by atoms with Crippen LogP contribution in [-0.2, 0) is 22.2 Å². The molecule has 2 aliphatic rings. The van der Waals surface area contributed by atoms with E-state index >= 15 is 0 Å². The molecule has 45 heavy (non-hydrogen) atoms. The van der Waals surface area contributed by atoms with Gasteiger partial charge >= 0.3 is 12.1 Å². The zero-order valence-electron chi connectivity index (χ0n) is 26.2. The Labute approximate surface area is 266 Å². The fraction of sp³-hybridized carbons (Fsp3) is 0.500. The summed E-state index contributed by atoms with van der Waals surface area (Å²) >= 11 is 5.73. The highest BCUT2D eigenvalue weighted by Gasteiger charge is 2.51. The van der Waals surface area contributed by atoms with Crippen molar-refractivity contribution in [2.75, 3.05) is 42.6 Å². The zero-order valence-corrected chi connectivity index (χ0v) is 27.1. The van der Waals surface area contributed by atoms with Crippen LogP contribution in [0.3, 0.4) is 0 Å². The number of carboxylic acid groups (broad SMARTS) is 1. The molecule has 0 aliphatic carbocycles. The first-order chi connectivity index (χ1) is 21.0. The molecule has 242 valence electrons. The third-order valence-corrected chi connectivity index (χ3v) is 8.88. The molecule has 2 heterocycles. The summed E-state index contributed by atoms with van der Waals surface area (Å²) in [5.74, 6) is -0.635. The molecule has 0 radical (unpaired) electrons. The van der Waals surface area contributed by atoms with Crippen molar-refractivity contribution in [2.24, 2.45) is 0 Å². The molecule has 2 aromatic carbocycles. The number of carboxylic acids is 1. The Morgan fingerprint density at radius 2 is 1.82 bits per heavy atom. The molecule has 1 amide bonds. The summed E-state index contributed by atoms with van der Waals surface area (Å²) < 4.78 is 47.4. The number of carbonyl (C=O) groups is 2. The highest BCUT2D eigenvalue weighted by molar-refractivity contribution is 7.81. The monoisotopic (exact) mass is 645 g/mol. The summed E-state index contributed by atoms with van der Waals surface area (Å²) in [6.45, 7) is 13.8. The van der Waals surface area contributed by atoms with Gasteiger partial charge in [-0.3, -0.25) is 24.3 Å². The van der Waals surface area contributed by atoms with E-state index < -0.39 is 34.7 Å². The highest BCUT2D eigenvalue weighted by atomic mass is 32.1. The SMILES string of the molecule is CCc1cc(N2C(=S)N(c3ccc(C#N)c(C(F)(F)F)c3)C(=O)C2(C)C)c(C)cc1OCCN1C[C@@H](C)N(CC(=O)O)[C@@H](C)C1. The number of ether oxygens (including phenoxy) is 1. The van der Waals surface area contributed by atoms with Gasteiger partial charge in [0, 0.05) is 37.4 Å². The van der Waals surface area contributed by atoms with Gasteiger partial charge in [0.2, 0.25) is 0 Å². The zero-order chi connectivity index (χ0) is 33.4. The number of nitrogens with zero attached hydrogens (tertiary/aromatic N) is 5. The molecule has 0 aromatic heterocycles. The molecular weight excluding hydrogens is 607 g/mol. The van der Waals surface area contributed by atoms with Crippen molar-refractivity contribution < 1.29 is 32.6 Å². The number of hydrogen-bond acceptors (Lipinski definition) is 7. The molecule has 0 saturated carbocycles. The Balaban J connectivity index is 1.55. The summed E-state index contributed by atoms with van der Waals surface area (Å²) in [7, 11) is 0. The van der Waals surface area contributed by atoms with Gasteiger partial charge in [0.25, 0.3) is 5.91 Å². The number of aliphatic carboxylic acids is 1. The highest BCUT2D eigenvalue weighted by Crippen LogP contribution is 2.42. The van der Waals surface area contributed by atoms with Crippen LogP contribution in [0.2, 0.25) is 0 Å². The van der Waals surface area contributed by atoms with Crippen LogP contribution < -0.4 is 14.5 Å². The first kappa shape index (κ1) is 34.1. The maximum atomic E-state index is 13.7. The number of benzene rings is 2. The van der Waals surface area contributed by atoms with E-state index in [4.69, 9.17) is 17.0 Å². The van der Waals surface area contributed by atoms with Gasteiger partial charge < -0.3 is 14.7 Å². The number of halogens is 3. The Kier molecular flexibility index (Phi) is 9.82. The van der Waals surface area contributed by atoms with E-state index in [2.05, 4.69) is 4.90 Å². The summed E-state index contributed by atoms with van der Waals surface area (Å²) in [5.41, 5.74) is -0.648. The van der Waals surface area contributed by atoms with Crippen LogP contribution in [0.5, 0.6) is 5.75 Å². The number of thiocarbonyl (C=S) groups is 1. The van der Waals surface area contributed by atoms with Gasteiger partial charge in [-0.2, -0.15) is 18.4 Å². The number of rotatable bonds is 9. The first-order valence-electron chi connectivity index (χ1n) is 14.8. The smallest absolute Gasteiger partial charge is 0.417 e. The molecule has 2 aliphatic heterocycles. The minimum atomic E-state index is -4.78. The van der Waals surface area contributed by atoms with Crippen LogP contribution in [0, 0.1) is 18.3 Å². The van der Waals surface area contributed by atoms with Gasteiger partial charge in [-0.05, 0) is 94.7 Å². The summed E-state index contributed by atoms with van der Waals surface area (Å²) in [6.07, 6.45) is -4.16.